The van der Waals surface area contributed by atoms with Crippen molar-refractivity contribution in [3.05, 3.63) is 35.0 Å². The van der Waals surface area contributed by atoms with Crippen molar-refractivity contribution >= 4 is 29.1 Å². The van der Waals surface area contributed by atoms with Crippen LogP contribution >= 0.6 is 11.3 Å². The van der Waals surface area contributed by atoms with Crippen LogP contribution in [0.15, 0.2) is 23.7 Å². The van der Waals surface area contributed by atoms with Gasteiger partial charge in [0.2, 0.25) is 17.7 Å². The Morgan fingerprint density at radius 1 is 1.22 bits per heavy atom. The number of rotatable bonds is 12. The fourth-order valence-electron chi connectivity index (χ4n) is 5.05. The van der Waals surface area contributed by atoms with E-state index in [9.17, 15) is 19.5 Å². The highest BCUT2D eigenvalue weighted by Gasteiger charge is 2.44. The number of nitrogens with zero attached hydrogens (tertiary/aromatic N) is 2. The first-order valence-corrected chi connectivity index (χ1v) is 15.1. The van der Waals surface area contributed by atoms with E-state index in [2.05, 4.69) is 15.6 Å². The number of ether oxygens (including phenoxy) is 1. The van der Waals surface area contributed by atoms with Gasteiger partial charge in [-0.25, -0.2) is 4.98 Å². The molecule has 1 aromatic carbocycles. The van der Waals surface area contributed by atoms with Crippen LogP contribution in [0.25, 0.3) is 10.4 Å². The minimum atomic E-state index is -0.863. The lowest BCUT2D eigenvalue weighted by Gasteiger charge is -2.35. The summed E-state index contributed by atoms with van der Waals surface area (Å²) < 4.78 is 6.22. The van der Waals surface area contributed by atoms with Crippen molar-refractivity contribution in [2.24, 2.45) is 11.1 Å². The standard InChI is InChI=1S/C30H45N5O5S/c1-18(23-11-10-21(26-19(2)32-17-41-26)14-25(23)40-13-9-7-8-12-31)33-28(38)24-15-22(37)16-35(24)29(39)27(30(4,5)6)34-20(3)36/h10-11,14,17-18,22,24,27,37H,7-9,12-13,15-16,31H2,1-6H3,(H,33,38)(H,34,36)/t18-,22+,24-,27?/m0/s1. The van der Waals surface area contributed by atoms with E-state index in [1.807, 2.05) is 58.3 Å². The second kappa shape index (κ2) is 14.2. The van der Waals surface area contributed by atoms with Crippen LogP contribution in [-0.2, 0) is 14.4 Å². The number of likely N-dealkylation sites (tertiary alicyclic amines) is 1. The Hall–Kier alpha value is -3.02. The highest BCUT2D eigenvalue weighted by molar-refractivity contribution is 7.13. The largest absolute Gasteiger partial charge is 0.493 e. The van der Waals surface area contributed by atoms with Crippen molar-refractivity contribution in [1.82, 2.24) is 20.5 Å². The summed E-state index contributed by atoms with van der Waals surface area (Å²) in [5.41, 5.74) is 9.60. The molecule has 3 amide bonds. The van der Waals surface area contributed by atoms with E-state index >= 15 is 0 Å². The fourth-order valence-corrected chi connectivity index (χ4v) is 5.86. The Bertz CT molecular complexity index is 1210. The molecule has 41 heavy (non-hydrogen) atoms. The van der Waals surface area contributed by atoms with E-state index in [0.29, 0.717) is 18.9 Å². The third-order valence-electron chi connectivity index (χ3n) is 7.28. The van der Waals surface area contributed by atoms with Gasteiger partial charge in [-0.1, -0.05) is 32.9 Å². The van der Waals surface area contributed by atoms with Crippen molar-refractivity contribution in [2.45, 2.75) is 91.5 Å². The molecule has 1 saturated heterocycles. The monoisotopic (exact) mass is 587 g/mol. The molecule has 11 heteroatoms. The number of amides is 3. The lowest BCUT2D eigenvalue weighted by atomic mass is 9.85. The molecule has 1 aromatic heterocycles. The Balaban J connectivity index is 1.81. The van der Waals surface area contributed by atoms with Gasteiger partial charge < -0.3 is 31.1 Å². The summed E-state index contributed by atoms with van der Waals surface area (Å²) in [5, 5.41) is 16.2. The second-order valence-corrected chi connectivity index (χ2v) is 12.7. The number of aromatic nitrogens is 1. The van der Waals surface area contributed by atoms with E-state index in [-0.39, 0.29) is 30.7 Å². The molecule has 4 atom stereocenters. The molecule has 0 bridgehead atoms. The van der Waals surface area contributed by atoms with Crippen LogP contribution in [0.1, 0.15) is 77.6 Å². The first-order chi connectivity index (χ1) is 19.3. The molecule has 0 spiro atoms. The lowest BCUT2D eigenvalue weighted by molar-refractivity contribution is -0.144. The van der Waals surface area contributed by atoms with Crippen LogP contribution in [0, 0.1) is 12.3 Å². The van der Waals surface area contributed by atoms with Crippen molar-refractivity contribution < 1.29 is 24.2 Å². The van der Waals surface area contributed by atoms with Crippen LogP contribution in [0.2, 0.25) is 0 Å². The van der Waals surface area contributed by atoms with Crippen molar-refractivity contribution in [3.63, 3.8) is 0 Å². The van der Waals surface area contributed by atoms with Gasteiger partial charge in [-0.3, -0.25) is 14.4 Å². The molecule has 5 N–H and O–H groups in total. The number of β-amino-alcohol motifs (C(OH)–C–C–N with tert-alkyl or cyclic N) is 1. The van der Waals surface area contributed by atoms with Crippen LogP contribution in [-0.4, -0.2) is 70.6 Å². The van der Waals surface area contributed by atoms with Gasteiger partial charge >= 0.3 is 0 Å². The van der Waals surface area contributed by atoms with Gasteiger partial charge in [0.25, 0.3) is 0 Å². The van der Waals surface area contributed by atoms with E-state index < -0.39 is 29.6 Å². The summed E-state index contributed by atoms with van der Waals surface area (Å²) in [6, 6.07) is 3.81. The molecular formula is C30H45N5O5S. The van der Waals surface area contributed by atoms with E-state index in [4.69, 9.17) is 10.5 Å². The third kappa shape index (κ3) is 8.50. The minimum absolute atomic E-state index is 0.0253. The molecule has 0 saturated carbocycles. The van der Waals surface area contributed by atoms with E-state index in [1.54, 1.807) is 11.3 Å². The zero-order chi connectivity index (χ0) is 30.3. The summed E-state index contributed by atoms with van der Waals surface area (Å²) >= 11 is 1.56. The lowest BCUT2D eigenvalue weighted by Crippen LogP contribution is -2.57. The number of thiazole rings is 1. The van der Waals surface area contributed by atoms with E-state index in [0.717, 1.165) is 41.0 Å². The number of unbranched alkanes of at least 4 members (excludes halogenated alkanes) is 2. The normalized spacial score (nSPS) is 18.6. The van der Waals surface area contributed by atoms with E-state index in [1.165, 1.54) is 11.8 Å². The Morgan fingerprint density at radius 2 is 1.95 bits per heavy atom. The van der Waals surface area contributed by atoms with Crippen LogP contribution < -0.4 is 21.1 Å². The number of hydrogen-bond acceptors (Lipinski definition) is 8. The average molecular weight is 588 g/mol. The van der Waals surface area contributed by atoms with Crippen molar-refractivity contribution in [2.75, 3.05) is 19.7 Å². The van der Waals surface area contributed by atoms with Gasteiger partial charge in [-0.2, -0.15) is 0 Å². The number of carbonyl (C=O) groups excluding carboxylic acids is 3. The molecule has 0 aliphatic carbocycles. The quantitative estimate of drug-likeness (QED) is 0.279. The minimum Gasteiger partial charge on any atom is -0.493 e. The number of hydrogen-bond donors (Lipinski definition) is 4. The molecular weight excluding hydrogens is 542 g/mol. The predicted molar refractivity (Wildman–Crippen MR) is 160 cm³/mol. The van der Waals surface area contributed by atoms with Gasteiger partial charge in [0.05, 0.1) is 34.8 Å². The molecule has 3 rings (SSSR count). The molecule has 1 aliphatic heterocycles. The van der Waals surface area contributed by atoms with Gasteiger partial charge in [-0.15, -0.1) is 11.3 Å². The number of nitrogens with one attached hydrogen (secondary N) is 2. The maximum Gasteiger partial charge on any atom is 0.246 e. The Kier molecular flexibility index (Phi) is 11.3. The summed E-state index contributed by atoms with van der Waals surface area (Å²) in [6.45, 7) is 11.9. The second-order valence-electron chi connectivity index (χ2n) is 11.8. The van der Waals surface area contributed by atoms with Crippen LogP contribution in [0.3, 0.4) is 0 Å². The first-order valence-electron chi connectivity index (χ1n) is 14.3. The van der Waals surface area contributed by atoms with Gasteiger partial charge in [-0.05, 0) is 56.7 Å². The molecule has 2 heterocycles. The summed E-state index contributed by atoms with van der Waals surface area (Å²) in [6.07, 6.45) is 2.05. The van der Waals surface area contributed by atoms with Gasteiger partial charge in [0.1, 0.15) is 17.8 Å². The highest BCUT2D eigenvalue weighted by atomic mass is 32.1. The number of aliphatic hydroxyl groups is 1. The highest BCUT2D eigenvalue weighted by Crippen LogP contribution is 2.35. The molecule has 10 nitrogen and oxygen atoms in total. The molecule has 1 fully saturated rings. The Morgan fingerprint density at radius 3 is 2.56 bits per heavy atom. The predicted octanol–water partition coefficient (Wildman–Crippen LogP) is 3.32. The molecule has 2 aromatic rings. The topological polar surface area (TPSA) is 147 Å². The van der Waals surface area contributed by atoms with Gasteiger partial charge in [0, 0.05) is 25.5 Å². The summed E-state index contributed by atoms with van der Waals surface area (Å²) in [4.78, 5) is 45.8. The molecule has 0 radical (unpaired) electrons. The van der Waals surface area contributed by atoms with Crippen LogP contribution in [0.5, 0.6) is 5.75 Å². The maximum atomic E-state index is 13.6. The van der Waals surface area contributed by atoms with Crippen molar-refractivity contribution in [1.29, 1.82) is 0 Å². The molecule has 226 valence electrons. The van der Waals surface area contributed by atoms with Crippen molar-refractivity contribution in [3.8, 4) is 16.2 Å². The number of aryl methyl sites for hydroxylation is 1. The average Bonchev–Trinajstić information content (AvgIpc) is 3.51. The number of carbonyl (C=O) groups is 3. The third-order valence-corrected chi connectivity index (χ3v) is 8.26. The zero-order valence-electron chi connectivity index (χ0n) is 25.0. The van der Waals surface area contributed by atoms with Gasteiger partial charge in [0.15, 0.2) is 0 Å². The first kappa shape index (κ1) is 32.5. The Labute approximate surface area is 247 Å². The summed E-state index contributed by atoms with van der Waals surface area (Å²) in [7, 11) is 0. The molecule has 1 aliphatic rings. The summed E-state index contributed by atoms with van der Waals surface area (Å²) in [5.74, 6) is -0.411. The zero-order valence-corrected chi connectivity index (χ0v) is 25.8. The maximum absolute atomic E-state index is 13.6. The smallest absolute Gasteiger partial charge is 0.246 e. The number of benzene rings is 1. The fraction of sp³-hybridized carbons (Fsp3) is 0.600. The number of aliphatic hydroxyl groups excluding tert-OH is 1. The SMILES string of the molecule is CC(=O)NC(C(=O)N1C[C@H](O)C[C@H]1C(=O)N[C@@H](C)c1ccc(-c2scnc2C)cc1OCCCCCN)C(C)(C)C. The number of nitrogens with two attached hydrogens (primary N) is 1. The van der Waals surface area contributed by atoms with Crippen LogP contribution in [0.4, 0.5) is 0 Å². The molecule has 1 unspecified atom stereocenters.